The van der Waals surface area contributed by atoms with Crippen LogP contribution >= 0.6 is 0 Å². The van der Waals surface area contributed by atoms with E-state index in [2.05, 4.69) is 25.9 Å². The Morgan fingerprint density at radius 3 is 2.74 bits per heavy atom. The number of aromatic nitrogens is 3. The van der Waals surface area contributed by atoms with E-state index >= 15 is 0 Å². The number of nitrogens with one attached hydrogen (secondary N) is 4. The first-order valence-electron chi connectivity index (χ1n) is 12.0. The molecule has 6 rings (SSSR count). The summed E-state index contributed by atoms with van der Waals surface area (Å²) >= 11 is 0. The van der Waals surface area contributed by atoms with E-state index in [9.17, 15) is 4.79 Å². The van der Waals surface area contributed by atoms with Gasteiger partial charge in [-0.3, -0.25) is 4.79 Å². The van der Waals surface area contributed by atoms with Crippen LogP contribution in [0.3, 0.4) is 0 Å². The van der Waals surface area contributed by atoms with Crippen LogP contribution in [0.15, 0.2) is 47.0 Å². The highest BCUT2D eigenvalue weighted by Gasteiger charge is 2.23. The predicted molar refractivity (Wildman–Crippen MR) is 131 cm³/mol. The molecule has 2 aromatic heterocycles. The lowest BCUT2D eigenvalue weighted by atomic mass is 10.1. The summed E-state index contributed by atoms with van der Waals surface area (Å²) in [5.41, 5.74) is 5.46. The standard InChI is InChI=1S/C26H28N6O2/c1-15-6-7-17(13-21(15)32-25(33)20-5-3-11-28-20)26-29-14-23(34-26)16-8-9-18-22(12-16)31-24(30-18)19-4-2-10-27-19/h6-9,12-14,19-20,27-28H,2-5,10-11H2,1H3,(H,30,31)(H,32,33)/t19-,20-/m0/s1. The van der Waals surface area contributed by atoms with Crippen LogP contribution in [0, 0.1) is 6.92 Å². The maximum absolute atomic E-state index is 12.6. The average molecular weight is 457 g/mol. The largest absolute Gasteiger partial charge is 0.436 e. The molecular formula is C26H28N6O2. The summed E-state index contributed by atoms with van der Waals surface area (Å²) < 4.78 is 6.12. The van der Waals surface area contributed by atoms with Gasteiger partial charge in [0.2, 0.25) is 11.8 Å². The topological polar surface area (TPSA) is 108 Å². The normalized spacial score (nSPS) is 20.3. The van der Waals surface area contributed by atoms with E-state index in [4.69, 9.17) is 9.40 Å². The van der Waals surface area contributed by atoms with Gasteiger partial charge < -0.3 is 25.4 Å². The van der Waals surface area contributed by atoms with Gasteiger partial charge in [0, 0.05) is 16.8 Å². The molecule has 4 heterocycles. The Morgan fingerprint density at radius 1 is 1.06 bits per heavy atom. The number of carbonyl (C=O) groups is 1. The molecule has 2 aliphatic heterocycles. The van der Waals surface area contributed by atoms with Gasteiger partial charge in [0.05, 0.1) is 29.3 Å². The molecule has 2 aliphatic rings. The summed E-state index contributed by atoms with van der Waals surface area (Å²) in [5, 5.41) is 9.78. The third kappa shape index (κ3) is 3.99. The molecule has 8 heteroatoms. The maximum atomic E-state index is 12.6. The monoisotopic (exact) mass is 456 g/mol. The predicted octanol–water partition coefficient (Wildman–Crippen LogP) is 4.31. The molecule has 0 spiro atoms. The van der Waals surface area contributed by atoms with E-state index in [-0.39, 0.29) is 11.9 Å². The van der Waals surface area contributed by atoms with E-state index < -0.39 is 0 Å². The Labute approximate surface area is 197 Å². The first-order valence-corrected chi connectivity index (χ1v) is 12.0. The number of anilines is 1. The van der Waals surface area contributed by atoms with Crippen LogP contribution in [0.25, 0.3) is 33.8 Å². The molecule has 0 unspecified atom stereocenters. The van der Waals surface area contributed by atoms with Crippen molar-refractivity contribution in [2.75, 3.05) is 18.4 Å². The molecular weight excluding hydrogens is 428 g/mol. The molecule has 0 saturated carbocycles. The van der Waals surface area contributed by atoms with Crippen LogP contribution in [-0.2, 0) is 4.79 Å². The van der Waals surface area contributed by atoms with Gasteiger partial charge in [-0.15, -0.1) is 0 Å². The first kappa shape index (κ1) is 21.1. The maximum Gasteiger partial charge on any atom is 0.241 e. The molecule has 0 bridgehead atoms. The fourth-order valence-corrected chi connectivity index (χ4v) is 4.82. The molecule has 2 fully saturated rings. The fraction of sp³-hybridized carbons (Fsp3) is 0.346. The first-order chi connectivity index (χ1) is 16.6. The highest BCUT2D eigenvalue weighted by Crippen LogP contribution is 2.31. The third-order valence-electron chi connectivity index (χ3n) is 6.80. The van der Waals surface area contributed by atoms with Gasteiger partial charge >= 0.3 is 0 Å². The van der Waals surface area contributed by atoms with Gasteiger partial charge in [-0.1, -0.05) is 6.07 Å². The number of aryl methyl sites for hydroxylation is 1. The zero-order chi connectivity index (χ0) is 23.1. The van der Waals surface area contributed by atoms with Crippen LogP contribution in [0.4, 0.5) is 5.69 Å². The van der Waals surface area contributed by atoms with Crippen LogP contribution in [-0.4, -0.2) is 40.0 Å². The zero-order valence-electron chi connectivity index (χ0n) is 19.1. The third-order valence-corrected chi connectivity index (χ3v) is 6.80. The van der Waals surface area contributed by atoms with Crippen molar-refractivity contribution in [3.63, 3.8) is 0 Å². The summed E-state index contributed by atoms with van der Waals surface area (Å²) in [6.45, 7) is 3.91. The number of aromatic amines is 1. The van der Waals surface area contributed by atoms with Crippen molar-refractivity contribution in [3.05, 3.63) is 54.0 Å². The number of fused-ring (bicyclic) bond motifs is 1. The summed E-state index contributed by atoms with van der Waals surface area (Å²) in [5.74, 6) is 2.19. The van der Waals surface area contributed by atoms with Gasteiger partial charge in [0.25, 0.3) is 0 Å². The SMILES string of the molecule is Cc1ccc(-c2ncc(-c3ccc4[nH]c([C@@H]5CCCN5)nc4c3)o2)cc1NC(=O)[C@@H]1CCCN1. The second-order valence-corrected chi connectivity index (χ2v) is 9.20. The molecule has 8 nitrogen and oxygen atoms in total. The lowest BCUT2D eigenvalue weighted by Crippen LogP contribution is -2.35. The molecule has 2 aromatic carbocycles. The molecule has 4 N–H and O–H groups in total. The van der Waals surface area contributed by atoms with Gasteiger partial charge in [0.1, 0.15) is 5.82 Å². The van der Waals surface area contributed by atoms with Crippen molar-refractivity contribution in [2.24, 2.45) is 0 Å². The highest BCUT2D eigenvalue weighted by molar-refractivity contribution is 5.96. The Kier molecular flexibility index (Phi) is 5.39. The van der Waals surface area contributed by atoms with Gasteiger partial charge in [0.15, 0.2) is 5.76 Å². The van der Waals surface area contributed by atoms with Crippen molar-refractivity contribution in [1.29, 1.82) is 0 Å². The number of nitrogens with zero attached hydrogens (tertiary/aromatic N) is 2. The minimum atomic E-state index is -0.127. The van der Waals surface area contributed by atoms with Crippen LogP contribution < -0.4 is 16.0 Å². The van der Waals surface area contributed by atoms with Crippen LogP contribution in [0.2, 0.25) is 0 Å². The summed E-state index contributed by atoms with van der Waals surface area (Å²) in [4.78, 5) is 25.3. The minimum Gasteiger partial charge on any atom is -0.436 e. The molecule has 34 heavy (non-hydrogen) atoms. The average Bonchev–Trinajstić information content (AvgIpc) is 3.66. The van der Waals surface area contributed by atoms with E-state index in [1.807, 2.05) is 43.3 Å². The van der Waals surface area contributed by atoms with Crippen molar-refractivity contribution >= 4 is 22.6 Å². The van der Waals surface area contributed by atoms with Crippen LogP contribution in [0.1, 0.15) is 43.1 Å². The number of carbonyl (C=O) groups excluding carboxylic acids is 1. The van der Waals surface area contributed by atoms with Crippen molar-refractivity contribution in [3.8, 4) is 22.8 Å². The van der Waals surface area contributed by atoms with Crippen LogP contribution in [0.5, 0.6) is 0 Å². The smallest absolute Gasteiger partial charge is 0.241 e. The molecule has 2 atom stereocenters. The van der Waals surface area contributed by atoms with E-state index in [1.54, 1.807) is 6.20 Å². The molecule has 0 radical (unpaired) electrons. The Morgan fingerprint density at radius 2 is 1.91 bits per heavy atom. The number of imidazole rings is 1. The Bertz CT molecular complexity index is 1340. The lowest BCUT2D eigenvalue weighted by Gasteiger charge is -2.13. The number of hydrogen-bond donors (Lipinski definition) is 4. The summed E-state index contributed by atoms with van der Waals surface area (Å²) in [6, 6.07) is 12.1. The summed E-state index contributed by atoms with van der Waals surface area (Å²) in [7, 11) is 0. The van der Waals surface area contributed by atoms with Crippen molar-refractivity contribution in [2.45, 2.75) is 44.7 Å². The number of amides is 1. The molecule has 2 saturated heterocycles. The number of hydrogen-bond acceptors (Lipinski definition) is 6. The quantitative estimate of drug-likeness (QED) is 0.356. The summed E-state index contributed by atoms with van der Waals surface area (Å²) in [6.07, 6.45) is 5.92. The van der Waals surface area contributed by atoms with E-state index in [0.29, 0.717) is 17.7 Å². The number of benzene rings is 2. The second kappa shape index (κ2) is 8.70. The zero-order valence-corrected chi connectivity index (χ0v) is 19.1. The number of H-pyrrole nitrogens is 1. The molecule has 4 aromatic rings. The molecule has 0 aliphatic carbocycles. The fourth-order valence-electron chi connectivity index (χ4n) is 4.82. The number of oxazole rings is 1. The Balaban J connectivity index is 1.24. The van der Waals surface area contributed by atoms with Gasteiger partial charge in [-0.05, 0) is 81.6 Å². The Hall–Kier alpha value is -3.49. The van der Waals surface area contributed by atoms with Crippen molar-refractivity contribution in [1.82, 2.24) is 25.6 Å². The molecule has 174 valence electrons. The van der Waals surface area contributed by atoms with Crippen molar-refractivity contribution < 1.29 is 9.21 Å². The second-order valence-electron chi connectivity index (χ2n) is 9.20. The van der Waals surface area contributed by atoms with E-state index in [0.717, 1.165) is 71.6 Å². The molecule has 1 amide bonds. The van der Waals surface area contributed by atoms with E-state index in [1.165, 1.54) is 6.42 Å². The van der Waals surface area contributed by atoms with Gasteiger partial charge in [-0.25, -0.2) is 9.97 Å². The lowest BCUT2D eigenvalue weighted by molar-refractivity contribution is -0.117. The minimum absolute atomic E-state index is 0.00493. The number of rotatable bonds is 5. The highest BCUT2D eigenvalue weighted by atomic mass is 16.4. The van der Waals surface area contributed by atoms with Gasteiger partial charge in [-0.2, -0.15) is 0 Å².